The summed E-state index contributed by atoms with van der Waals surface area (Å²) in [7, 11) is -3.49. The highest BCUT2D eigenvalue weighted by molar-refractivity contribution is 9.10. The third-order valence-electron chi connectivity index (χ3n) is 2.09. The average molecular weight is 342 g/mol. The first-order valence-electron chi connectivity index (χ1n) is 5.03. The molecule has 1 atom stereocenters. The Morgan fingerprint density at radius 1 is 1.53 bits per heavy atom. The van der Waals surface area contributed by atoms with E-state index in [1.807, 2.05) is 6.92 Å². The molecule has 3 N–H and O–H groups in total. The van der Waals surface area contributed by atoms with Gasteiger partial charge in [-0.1, -0.05) is 11.6 Å². The van der Waals surface area contributed by atoms with E-state index in [0.29, 0.717) is 22.5 Å². The summed E-state index contributed by atoms with van der Waals surface area (Å²) in [4.78, 5) is 0.179. The summed E-state index contributed by atoms with van der Waals surface area (Å²) in [6.07, 6.45) is 0.591. The average Bonchev–Trinajstić information content (AvgIpc) is 2.21. The number of hydrogen-bond acceptors (Lipinski definition) is 3. The van der Waals surface area contributed by atoms with Gasteiger partial charge in [0, 0.05) is 17.1 Å². The summed E-state index contributed by atoms with van der Waals surface area (Å²) in [5.74, 6) is 0. The van der Waals surface area contributed by atoms with E-state index in [1.165, 1.54) is 18.2 Å². The van der Waals surface area contributed by atoms with Crippen LogP contribution in [0.1, 0.15) is 13.3 Å². The summed E-state index contributed by atoms with van der Waals surface area (Å²) in [5, 5.41) is 0.472. The van der Waals surface area contributed by atoms with Crippen LogP contribution in [0.5, 0.6) is 0 Å². The fourth-order valence-corrected chi connectivity index (χ4v) is 2.87. The molecule has 0 saturated carbocycles. The van der Waals surface area contributed by atoms with Crippen LogP contribution in [0.2, 0.25) is 5.02 Å². The van der Waals surface area contributed by atoms with Gasteiger partial charge in [0.25, 0.3) is 0 Å². The Morgan fingerprint density at radius 3 is 2.71 bits per heavy atom. The van der Waals surface area contributed by atoms with Crippen LogP contribution in [-0.2, 0) is 10.0 Å². The van der Waals surface area contributed by atoms with Crippen LogP contribution in [0.3, 0.4) is 0 Å². The third-order valence-corrected chi connectivity index (χ3v) is 4.77. The zero-order chi connectivity index (χ0) is 13.1. The Bertz CT molecular complexity index is 491. The van der Waals surface area contributed by atoms with Gasteiger partial charge in [-0.2, -0.15) is 0 Å². The molecule has 0 saturated heterocycles. The summed E-state index contributed by atoms with van der Waals surface area (Å²) in [5.41, 5.74) is 5.54. The van der Waals surface area contributed by atoms with Crippen molar-refractivity contribution in [2.45, 2.75) is 24.3 Å². The standard InChI is InChI=1S/C10H14BrClN2O2S/c1-7(13)4-5-14-17(15,16)8-2-3-10(12)9(11)6-8/h2-3,6-7,14H,4-5,13H2,1H3. The van der Waals surface area contributed by atoms with Crippen molar-refractivity contribution in [3.05, 3.63) is 27.7 Å². The van der Waals surface area contributed by atoms with Crippen molar-refractivity contribution in [1.82, 2.24) is 4.72 Å². The molecule has 1 unspecified atom stereocenters. The van der Waals surface area contributed by atoms with Gasteiger partial charge in [0.15, 0.2) is 0 Å². The highest BCUT2D eigenvalue weighted by Gasteiger charge is 2.14. The van der Waals surface area contributed by atoms with Gasteiger partial charge in [0.2, 0.25) is 10.0 Å². The van der Waals surface area contributed by atoms with Crippen molar-refractivity contribution in [3.8, 4) is 0 Å². The first-order chi connectivity index (χ1) is 7.83. The Balaban J connectivity index is 2.79. The predicted molar refractivity (Wildman–Crippen MR) is 72.6 cm³/mol. The Hall–Kier alpha value is -0.140. The van der Waals surface area contributed by atoms with E-state index < -0.39 is 10.0 Å². The van der Waals surface area contributed by atoms with Gasteiger partial charge < -0.3 is 5.73 Å². The van der Waals surface area contributed by atoms with Crippen LogP contribution in [0, 0.1) is 0 Å². The fraction of sp³-hybridized carbons (Fsp3) is 0.400. The summed E-state index contributed by atoms with van der Waals surface area (Å²) in [6, 6.07) is 4.43. The molecule has 96 valence electrons. The summed E-state index contributed by atoms with van der Waals surface area (Å²) >= 11 is 8.98. The molecule has 1 aromatic rings. The molecule has 0 aliphatic carbocycles. The van der Waals surface area contributed by atoms with Crippen molar-refractivity contribution in [3.63, 3.8) is 0 Å². The second-order valence-electron chi connectivity index (χ2n) is 3.74. The highest BCUT2D eigenvalue weighted by Crippen LogP contribution is 2.25. The smallest absolute Gasteiger partial charge is 0.240 e. The van der Waals surface area contributed by atoms with E-state index in [1.54, 1.807) is 0 Å². The molecule has 0 aromatic heterocycles. The first kappa shape index (κ1) is 14.9. The lowest BCUT2D eigenvalue weighted by atomic mass is 10.3. The van der Waals surface area contributed by atoms with E-state index >= 15 is 0 Å². The molecular weight excluding hydrogens is 328 g/mol. The monoisotopic (exact) mass is 340 g/mol. The Labute approximate surface area is 115 Å². The zero-order valence-electron chi connectivity index (χ0n) is 9.28. The van der Waals surface area contributed by atoms with E-state index in [4.69, 9.17) is 17.3 Å². The van der Waals surface area contributed by atoms with Crippen LogP contribution >= 0.6 is 27.5 Å². The molecule has 0 radical (unpaired) electrons. The molecular formula is C10H14BrClN2O2S. The summed E-state index contributed by atoms with van der Waals surface area (Å²) in [6.45, 7) is 2.15. The second kappa shape index (κ2) is 6.15. The normalized spacial score (nSPS) is 13.6. The zero-order valence-corrected chi connectivity index (χ0v) is 12.4. The highest BCUT2D eigenvalue weighted by atomic mass is 79.9. The van der Waals surface area contributed by atoms with Crippen LogP contribution < -0.4 is 10.5 Å². The fourth-order valence-electron chi connectivity index (χ4n) is 1.15. The quantitative estimate of drug-likeness (QED) is 0.861. The molecule has 4 nitrogen and oxygen atoms in total. The lowest BCUT2D eigenvalue weighted by Crippen LogP contribution is -2.29. The van der Waals surface area contributed by atoms with Crippen molar-refractivity contribution in [2.75, 3.05) is 6.54 Å². The van der Waals surface area contributed by atoms with Crippen molar-refractivity contribution in [1.29, 1.82) is 0 Å². The van der Waals surface area contributed by atoms with Crippen LogP contribution in [0.15, 0.2) is 27.6 Å². The molecule has 17 heavy (non-hydrogen) atoms. The van der Waals surface area contributed by atoms with E-state index in [-0.39, 0.29) is 10.9 Å². The SMILES string of the molecule is CC(N)CCNS(=O)(=O)c1ccc(Cl)c(Br)c1. The van der Waals surface area contributed by atoms with E-state index in [2.05, 4.69) is 20.7 Å². The number of sulfonamides is 1. The van der Waals surface area contributed by atoms with Gasteiger partial charge in [0.1, 0.15) is 0 Å². The minimum atomic E-state index is -3.49. The number of rotatable bonds is 5. The number of nitrogens with one attached hydrogen (secondary N) is 1. The second-order valence-corrected chi connectivity index (χ2v) is 6.77. The lowest BCUT2D eigenvalue weighted by Gasteiger charge is -2.09. The van der Waals surface area contributed by atoms with Gasteiger partial charge in [-0.3, -0.25) is 0 Å². The molecule has 0 bridgehead atoms. The van der Waals surface area contributed by atoms with E-state index in [0.717, 1.165) is 0 Å². The van der Waals surface area contributed by atoms with Crippen LogP contribution in [0.4, 0.5) is 0 Å². The van der Waals surface area contributed by atoms with Crippen molar-refractivity contribution in [2.24, 2.45) is 5.73 Å². The first-order valence-corrected chi connectivity index (χ1v) is 7.68. The maximum Gasteiger partial charge on any atom is 0.240 e. The maximum atomic E-state index is 11.9. The number of benzene rings is 1. The number of hydrogen-bond donors (Lipinski definition) is 2. The van der Waals surface area contributed by atoms with Crippen molar-refractivity contribution < 1.29 is 8.42 Å². The predicted octanol–water partition coefficient (Wildman–Crippen LogP) is 2.12. The largest absolute Gasteiger partial charge is 0.328 e. The van der Waals surface area contributed by atoms with Gasteiger partial charge in [-0.05, 0) is 47.5 Å². The van der Waals surface area contributed by atoms with Crippen LogP contribution in [0.25, 0.3) is 0 Å². The molecule has 0 fully saturated rings. The molecule has 0 spiro atoms. The van der Waals surface area contributed by atoms with Gasteiger partial charge in [-0.25, -0.2) is 13.1 Å². The molecule has 0 aliphatic heterocycles. The molecule has 7 heteroatoms. The van der Waals surface area contributed by atoms with E-state index in [9.17, 15) is 8.42 Å². The summed E-state index contributed by atoms with van der Waals surface area (Å²) < 4.78 is 26.8. The molecule has 0 heterocycles. The van der Waals surface area contributed by atoms with Gasteiger partial charge in [0.05, 0.1) is 9.92 Å². The third kappa shape index (κ3) is 4.56. The minimum Gasteiger partial charge on any atom is -0.328 e. The molecule has 0 amide bonds. The number of nitrogens with two attached hydrogens (primary N) is 1. The van der Waals surface area contributed by atoms with Crippen molar-refractivity contribution >= 4 is 37.6 Å². The lowest BCUT2D eigenvalue weighted by molar-refractivity contribution is 0.572. The molecule has 0 aliphatic rings. The Kier molecular flexibility index (Phi) is 5.40. The van der Waals surface area contributed by atoms with Gasteiger partial charge in [-0.15, -0.1) is 0 Å². The molecule has 1 aromatic carbocycles. The van der Waals surface area contributed by atoms with Gasteiger partial charge >= 0.3 is 0 Å². The minimum absolute atomic E-state index is 0.0327. The Morgan fingerprint density at radius 2 is 2.18 bits per heavy atom. The van der Waals surface area contributed by atoms with Crippen LogP contribution in [-0.4, -0.2) is 21.0 Å². The maximum absolute atomic E-state index is 11.9. The topological polar surface area (TPSA) is 72.2 Å². The molecule has 1 rings (SSSR count). The number of halogens is 2.